The summed E-state index contributed by atoms with van der Waals surface area (Å²) in [6, 6.07) is 8.21. The van der Waals surface area contributed by atoms with Gasteiger partial charge >= 0.3 is 0 Å². The molecule has 2 heterocycles. The summed E-state index contributed by atoms with van der Waals surface area (Å²) in [6.07, 6.45) is 0.817. The van der Waals surface area contributed by atoms with E-state index in [1.54, 1.807) is 0 Å². The van der Waals surface area contributed by atoms with Gasteiger partial charge in [0.25, 0.3) is 0 Å². The third-order valence-electron chi connectivity index (χ3n) is 3.59. The van der Waals surface area contributed by atoms with E-state index in [-0.39, 0.29) is 5.41 Å². The van der Waals surface area contributed by atoms with Crippen molar-refractivity contribution in [1.82, 2.24) is 10.1 Å². The van der Waals surface area contributed by atoms with Gasteiger partial charge in [-0.25, -0.2) is 0 Å². The molecule has 0 fully saturated rings. The van der Waals surface area contributed by atoms with E-state index in [9.17, 15) is 0 Å². The number of benzene rings is 1. The van der Waals surface area contributed by atoms with Crippen LogP contribution in [0.2, 0.25) is 0 Å². The molecule has 0 saturated carbocycles. The Labute approximate surface area is 123 Å². The summed E-state index contributed by atoms with van der Waals surface area (Å²) in [4.78, 5) is 5.78. The summed E-state index contributed by atoms with van der Waals surface area (Å²) in [7, 11) is 0. The topological polar surface area (TPSA) is 64.9 Å². The Kier molecular flexibility index (Phi) is 3.14. The lowest BCUT2D eigenvalue weighted by Crippen LogP contribution is -2.42. The molecule has 0 aliphatic carbocycles. The fourth-order valence-corrected chi connectivity index (χ4v) is 3.58. The fraction of sp³-hybridized carbons (Fsp3) is 0.467. The molecule has 1 aliphatic heterocycles. The molecule has 106 valence electrons. The van der Waals surface area contributed by atoms with E-state index in [1.807, 2.05) is 23.9 Å². The van der Waals surface area contributed by atoms with Crippen molar-refractivity contribution in [3.05, 3.63) is 41.5 Å². The van der Waals surface area contributed by atoms with Crippen molar-refractivity contribution >= 4 is 11.8 Å². The van der Waals surface area contributed by atoms with Gasteiger partial charge in [-0.15, -0.1) is 11.8 Å². The van der Waals surface area contributed by atoms with Gasteiger partial charge < -0.3 is 10.3 Å². The average Bonchev–Trinajstić information content (AvgIpc) is 2.89. The van der Waals surface area contributed by atoms with E-state index in [4.69, 9.17) is 10.3 Å². The van der Waals surface area contributed by atoms with Gasteiger partial charge in [0.15, 0.2) is 5.82 Å². The second kappa shape index (κ2) is 4.60. The van der Waals surface area contributed by atoms with E-state index < -0.39 is 5.54 Å². The maximum atomic E-state index is 6.65. The van der Waals surface area contributed by atoms with Crippen LogP contribution in [0, 0.1) is 0 Å². The number of thioether (sulfide) groups is 1. The highest BCUT2D eigenvalue weighted by molar-refractivity contribution is 7.99. The molecule has 1 aromatic heterocycles. The number of hydrogen-bond acceptors (Lipinski definition) is 5. The third-order valence-corrected chi connectivity index (χ3v) is 4.66. The highest BCUT2D eigenvalue weighted by atomic mass is 32.2. The van der Waals surface area contributed by atoms with Crippen molar-refractivity contribution in [3.63, 3.8) is 0 Å². The first kappa shape index (κ1) is 13.6. The number of nitrogens with zero attached hydrogens (tertiary/aromatic N) is 2. The highest BCUT2D eigenvalue weighted by Gasteiger charge is 2.39. The van der Waals surface area contributed by atoms with Gasteiger partial charge in [0.2, 0.25) is 5.89 Å². The molecule has 2 N–H and O–H groups in total. The molecule has 0 radical (unpaired) electrons. The van der Waals surface area contributed by atoms with Crippen molar-refractivity contribution in [1.29, 1.82) is 0 Å². The molecule has 1 aliphatic rings. The van der Waals surface area contributed by atoms with Crippen LogP contribution in [0.15, 0.2) is 33.7 Å². The number of nitrogens with two attached hydrogens (primary N) is 1. The van der Waals surface area contributed by atoms with E-state index >= 15 is 0 Å². The van der Waals surface area contributed by atoms with Crippen molar-refractivity contribution in [2.45, 2.75) is 43.0 Å². The summed E-state index contributed by atoms with van der Waals surface area (Å²) in [6.45, 7) is 6.16. The largest absolute Gasteiger partial charge is 0.339 e. The normalized spacial score (nSPS) is 22.6. The molecule has 20 heavy (non-hydrogen) atoms. The monoisotopic (exact) mass is 289 g/mol. The van der Waals surface area contributed by atoms with E-state index in [0.29, 0.717) is 11.7 Å². The van der Waals surface area contributed by atoms with Gasteiger partial charge in [-0.2, -0.15) is 4.98 Å². The van der Waals surface area contributed by atoms with Crippen LogP contribution in [0.1, 0.15) is 44.5 Å². The SMILES string of the molecule is CC(C)(C)c1nc(C2(N)CCSc3ccccc32)no1. The first-order valence-electron chi connectivity index (χ1n) is 6.77. The molecule has 0 saturated heterocycles. The van der Waals surface area contributed by atoms with Crippen LogP contribution in [0.4, 0.5) is 0 Å². The molecule has 0 amide bonds. The Morgan fingerprint density at radius 3 is 2.75 bits per heavy atom. The van der Waals surface area contributed by atoms with Gasteiger partial charge in [0.1, 0.15) is 5.54 Å². The van der Waals surface area contributed by atoms with Crippen LogP contribution in [0.5, 0.6) is 0 Å². The zero-order valence-corrected chi connectivity index (χ0v) is 12.8. The quantitative estimate of drug-likeness (QED) is 0.874. The first-order chi connectivity index (χ1) is 9.41. The zero-order chi connectivity index (χ0) is 14.4. The van der Waals surface area contributed by atoms with Crippen LogP contribution in [0.3, 0.4) is 0 Å². The molecule has 5 heteroatoms. The van der Waals surface area contributed by atoms with Crippen LogP contribution >= 0.6 is 11.8 Å². The number of rotatable bonds is 1. The van der Waals surface area contributed by atoms with Crippen LogP contribution in [-0.2, 0) is 11.0 Å². The van der Waals surface area contributed by atoms with Crippen molar-refractivity contribution in [2.24, 2.45) is 5.73 Å². The summed E-state index contributed by atoms with van der Waals surface area (Å²) >= 11 is 1.83. The number of aromatic nitrogens is 2. The Morgan fingerprint density at radius 1 is 1.30 bits per heavy atom. The molecule has 4 nitrogen and oxygen atoms in total. The minimum absolute atomic E-state index is 0.162. The van der Waals surface area contributed by atoms with Crippen LogP contribution in [0.25, 0.3) is 0 Å². The second-order valence-corrected chi connectivity index (χ2v) is 7.38. The van der Waals surface area contributed by atoms with Gasteiger partial charge in [-0.3, -0.25) is 0 Å². The molecular formula is C15H19N3OS. The Bertz CT molecular complexity index is 632. The van der Waals surface area contributed by atoms with Crippen LogP contribution in [-0.4, -0.2) is 15.9 Å². The lowest BCUT2D eigenvalue weighted by Gasteiger charge is -2.32. The minimum Gasteiger partial charge on any atom is -0.339 e. The summed E-state index contributed by atoms with van der Waals surface area (Å²) in [5.41, 5.74) is 6.94. The Balaban J connectivity index is 2.08. The molecule has 0 spiro atoms. The first-order valence-corrected chi connectivity index (χ1v) is 7.76. The lowest BCUT2D eigenvalue weighted by atomic mass is 9.87. The Morgan fingerprint density at radius 2 is 2.05 bits per heavy atom. The highest BCUT2D eigenvalue weighted by Crippen LogP contribution is 2.41. The third kappa shape index (κ3) is 2.15. The van der Waals surface area contributed by atoms with Gasteiger partial charge in [0, 0.05) is 16.1 Å². The van der Waals surface area contributed by atoms with Crippen molar-refractivity contribution in [3.8, 4) is 0 Å². The van der Waals surface area contributed by atoms with Crippen molar-refractivity contribution in [2.75, 3.05) is 5.75 Å². The minimum atomic E-state index is -0.644. The lowest BCUT2D eigenvalue weighted by molar-refractivity contribution is 0.312. The van der Waals surface area contributed by atoms with Crippen LogP contribution < -0.4 is 5.73 Å². The maximum Gasteiger partial charge on any atom is 0.232 e. The smallest absolute Gasteiger partial charge is 0.232 e. The van der Waals surface area contributed by atoms with E-state index in [0.717, 1.165) is 17.7 Å². The average molecular weight is 289 g/mol. The van der Waals surface area contributed by atoms with E-state index in [1.165, 1.54) is 4.90 Å². The molecule has 0 bridgehead atoms. The molecule has 2 aromatic rings. The zero-order valence-electron chi connectivity index (χ0n) is 12.0. The Hall–Kier alpha value is -1.33. The standard InChI is InChI=1S/C15H19N3OS/c1-14(2,3)13-17-12(18-19-13)15(16)8-9-20-11-7-5-4-6-10(11)15/h4-7H,8-9,16H2,1-3H3. The maximum absolute atomic E-state index is 6.65. The van der Waals surface area contributed by atoms with E-state index in [2.05, 4.69) is 43.0 Å². The molecule has 1 atom stereocenters. The number of fused-ring (bicyclic) bond motifs is 1. The fourth-order valence-electron chi connectivity index (χ4n) is 2.36. The summed E-state index contributed by atoms with van der Waals surface area (Å²) in [5.74, 6) is 2.19. The van der Waals surface area contributed by atoms with Crippen molar-refractivity contribution < 1.29 is 4.52 Å². The molecule has 3 rings (SSSR count). The molecule has 1 unspecified atom stereocenters. The van der Waals surface area contributed by atoms with Gasteiger partial charge in [-0.1, -0.05) is 44.1 Å². The predicted molar refractivity (Wildman–Crippen MR) is 79.7 cm³/mol. The number of hydrogen-bond donors (Lipinski definition) is 1. The molecule has 1 aromatic carbocycles. The predicted octanol–water partition coefficient (Wildman–Crippen LogP) is 3.07. The summed E-state index contributed by atoms with van der Waals surface area (Å²) < 4.78 is 5.41. The second-order valence-electron chi connectivity index (χ2n) is 6.24. The van der Waals surface area contributed by atoms with Gasteiger partial charge in [-0.05, 0) is 18.1 Å². The summed E-state index contributed by atoms with van der Waals surface area (Å²) in [5, 5.41) is 4.16. The van der Waals surface area contributed by atoms with Gasteiger partial charge in [0.05, 0.1) is 0 Å². The molecular weight excluding hydrogens is 270 g/mol.